The fourth-order valence-corrected chi connectivity index (χ4v) is 3.95. The summed E-state index contributed by atoms with van der Waals surface area (Å²) in [7, 11) is 0. The Bertz CT molecular complexity index is 1140. The van der Waals surface area contributed by atoms with Gasteiger partial charge in [-0.1, -0.05) is 84.6 Å². The summed E-state index contributed by atoms with van der Waals surface area (Å²) < 4.78 is 14.9. The van der Waals surface area contributed by atoms with E-state index in [1.807, 2.05) is 48.5 Å². The van der Waals surface area contributed by atoms with Gasteiger partial charge < -0.3 is 0 Å². The SMILES string of the molecule is O=c1cc(-c2ccccc2)nc(SCc2ccccc2)n1Cc1ccc(F)cc1. The van der Waals surface area contributed by atoms with Gasteiger partial charge in [0.1, 0.15) is 5.82 Å². The third kappa shape index (κ3) is 4.81. The molecule has 0 saturated heterocycles. The van der Waals surface area contributed by atoms with Crippen LogP contribution in [0.5, 0.6) is 0 Å². The van der Waals surface area contributed by atoms with Crippen LogP contribution in [0.4, 0.5) is 4.39 Å². The zero-order chi connectivity index (χ0) is 20.1. The molecule has 0 atom stereocenters. The maximum Gasteiger partial charge on any atom is 0.255 e. The van der Waals surface area contributed by atoms with Gasteiger partial charge in [-0.05, 0) is 23.3 Å². The van der Waals surface area contributed by atoms with Crippen molar-refractivity contribution >= 4 is 11.8 Å². The van der Waals surface area contributed by atoms with Crippen molar-refractivity contribution in [3.8, 4) is 11.3 Å². The van der Waals surface area contributed by atoms with Gasteiger partial charge >= 0.3 is 0 Å². The van der Waals surface area contributed by atoms with Gasteiger partial charge in [0.25, 0.3) is 5.56 Å². The van der Waals surface area contributed by atoms with E-state index in [2.05, 4.69) is 12.1 Å². The van der Waals surface area contributed by atoms with E-state index in [-0.39, 0.29) is 11.4 Å². The minimum absolute atomic E-state index is 0.126. The number of thioether (sulfide) groups is 1. The van der Waals surface area contributed by atoms with E-state index in [1.54, 1.807) is 22.8 Å². The molecule has 0 fully saturated rings. The average molecular weight is 402 g/mol. The summed E-state index contributed by atoms with van der Waals surface area (Å²) in [6.45, 7) is 0.346. The van der Waals surface area contributed by atoms with Gasteiger partial charge in [-0.25, -0.2) is 9.37 Å². The van der Waals surface area contributed by atoms with E-state index in [4.69, 9.17) is 4.98 Å². The van der Waals surface area contributed by atoms with E-state index in [0.29, 0.717) is 23.1 Å². The number of aromatic nitrogens is 2. The number of halogens is 1. The highest BCUT2D eigenvalue weighted by atomic mass is 32.2. The van der Waals surface area contributed by atoms with Crippen LogP contribution < -0.4 is 5.56 Å². The van der Waals surface area contributed by atoms with Crippen molar-refractivity contribution in [2.24, 2.45) is 0 Å². The first kappa shape index (κ1) is 19.2. The molecule has 3 aromatic carbocycles. The molecule has 0 amide bonds. The Hall–Kier alpha value is -3.18. The molecule has 0 aliphatic rings. The highest BCUT2D eigenvalue weighted by Gasteiger charge is 2.12. The van der Waals surface area contributed by atoms with E-state index < -0.39 is 0 Å². The van der Waals surface area contributed by atoms with Crippen LogP contribution >= 0.6 is 11.8 Å². The molecule has 0 unspecified atom stereocenters. The van der Waals surface area contributed by atoms with Crippen LogP contribution in [0.25, 0.3) is 11.3 Å². The Kier molecular flexibility index (Phi) is 5.86. The standard InChI is InChI=1S/C24H19FN2OS/c25-21-13-11-18(12-14-21)16-27-23(28)15-22(20-9-5-2-6-10-20)26-24(27)29-17-19-7-3-1-4-8-19/h1-15H,16-17H2. The quantitative estimate of drug-likeness (QED) is 0.320. The van der Waals surface area contributed by atoms with Crippen LogP contribution in [0.1, 0.15) is 11.1 Å². The number of benzene rings is 3. The fourth-order valence-electron chi connectivity index (χ4n) is 2.99. The molecule has 0 spiro atoms. The predicted octanol–water partition coefficient (Wildman–Crippen LogP) is 5.39. The molecule has 3 nitrogen and oxygen atoms in total. The smallest absolute Gasteiger partial charge is 0.255 e. The monoisotopic (exact) mass is 402 g/mol. The molecule has 0 aliphatic carbocycles. The lowest BCUT2D eigenvalue weighted by Crippen LogP contribution is -2.23. The van der Waals surface area contributed by atoms with E-state index in [9.17, 15) is 9.18 Å². The minimum atomic E-state index is -0.294. The first-order chi connectivity index (χ1) is 14.2. The molecule has 0 bridgehead atoms. The number of rotatable bonds is 6. The van der Waals surface area contributed by atoms with Crippen molar-refractivity contribution in [3.63, 3.8) is 0 Å². The molecule has 1 heterocycles. The average Bonchev–Trinajstić information content (AvgIpc) is 2.76. The molecule has 0 aliphatic heterocycles. The zero-order valence-electron chi connectivity index (χ0n) is 15.7. The Labute approximate surface area is 172 Å². The Morgan fingerprint density at radius 3 is 2.17 bits per heavy atom. The van der Waals surface area contributed by atoms with Crippen molar-refractivity contribution in [1.82, 2.24) is 9.55 Å². The summed E-state index contributed by atoms with van der Waals surface area (Å²) in [6.07, 6.45) is 0. The van der Waals surface area contributed by atoms with E-state index in [1.165, 1.54) is 23.9 Å². The largest absolute Gasteiger partial charge is 0.283 e. The van der Waals surface area contributed by atoms with Crippen molar-refractivity contribution in [2.45, 2.75) is 17.5 Å². The molecular formula is C24H19FN2OS. The summed E-state index contributed by atoms with van der Waals surface area (Å²) in [4.78, 5) is 17.7. The number of nitrogens with zero attached hydrogens (tertiary/aromatic N) is 2. The third-order valence-corrected chi connectivity index (χ3v) is 5.56. The van der Waals surface area contributed by atoms with Gasteiger partial charge in [-0.15, -0.1) is 0 Å². The molecule has 0 radical (unpaired) electrons. The van der Waals surface area contributed by atoms with Gasteiger partial charge in [-0.2, -0.15) is 0 Å². The molecular weight excluding hydrogens is 383 g/mol. The van der Waals surface area contributed by atoms with Crippen LogP contribution in [-0.2, 0) is 12.3 Å². The lowest BCUT2D eigenvalue weighted by atomic mass is 10.1. The molecule has 4 rings (SSSR count). The number of hydrogen-bond donors (Lipinski definition) is 0. The first-order valence-electron chi connectivity index (χ1n) is 9.27. The van der Waals surface area contributed by atoms with Gasteiger partial charge in [0.15, 0.2) is 5.16 Å². The molecule has 29 heavy (non-hydrogen) atoms. The zero-order valence-corrected chi connectivity index (χ0v) is 16.5. The summed E-state index contributed by atoms with van der Waals surface area (Å²) in [6, 6.07) is 27.5. The Balaban J connectivity index is 1.71. The lowest BCUT2D eigenvalue weighted by molar-refractivity contribution is 0.621. The normalized spacial score (nSPS) is 10.8. The van der Waals surface area contributed by atoms with E-state index in [0.717, 1.165) is 16.7 Å². The Morgan fingerprint density at radius 2 is 1.48 bits per heavy atom. The fraction of sp³-hybridized carbons (Fsp3) is 0.0833. The van der Waals surface area contributed by atoms with Crippen LogP contribution in [-0.4, -0.2) is 9.55 Å². The van der Waals surface area contributed by atoms with E-state index >= 15 is 0 Å². The van der Waals surface area contributed by atoms with Crippen molar-refractivity contribution in [1.29, 1.82) is 0 Å². The second-order valence-corrected chi connectivity index (χ2v) is 7.56. The van der Waals surface area contributed by atoms with Crippen LogP contribution in [0, 0.1) is 5.82 Å². The highest BCUT2D eigenvalue weighted by Crippen LogP contribution is 2.24. The highest BCUT2D eigenvalue weighted by molar-refractivity contribution is 7.98. The first-order valence-corrected chi connectivity index (χ1v) is 10.3. The molecule has 0 saturated carbocycles. The molecule has 4 aromatic rings. The molecule has 0 N–H and O–H groups in total. The van der Waals surface area contributed by atoms with Gasteiger partial charge in [-0.3, -0.25) is 9.36 Å². The maximum absolute atomic E-state index is 13.2. The Morgan fingerprint density at radius 1 is 0.828 bits per heavy atom. The third-order valence-electron chi connectivity index (χ3n) is 4.51. The summed E-state index contributed by atoms with van der Waals surface area (Å²) in [5.41, 5.74) is 3.44. The summed E-state index contributed by atoms with van der Waals surface area (Å²) in [5.74, 6) is 0.409. The van der Waals surface area contributed by atoms with Gasteiger partial charge in [0.2, 0.25) is 0 Å². The predicted molar refractivity (Wildman–Crippen MR) is 115 cm³/mol. The topological polar surface area (TPSA) is 34.9 Å². The van der Waals surface area contributed by atoms with Crippen molar-refractivity contribution in [3.05, 3.63) is 118 Å². The lowest BCUT2D eigenvalue weighted by Gasteiger charge is -2.13. The second kappa shape index (κ2) is 8.88. The minimum Gasteiger partial charge on any atom is -0.283 e. The number of hydrogen-bond acceptors (Lipinski definition) is 3. The van der Waals surface area contributed by atoms with Gasteiger partial charge in [0.05, 0.1) is 12.2 Å². The van der Waals surface area contributed by atoms with Crippen LogP contribution in [0.15, 0.2) is 101 Å². The maximum atomic E-state index is 13.2. The van der Waals surface area contributed by atoms with Crippen molar-refractivity contribution < 1.29 is 4.39 Å². The molecule has 1 aromatic heterocycles. The van der Waals surface area contributed by atoms with Crippen molar-refractivity contribution in [2.75, 3.05) is 0 Å². The van der Waals surface area contributed by atoms with Gasteiger partial charge in [0, 0.05) is 17.4 Å². The van der Waals surface area contributed by atoms with Crippen LogP contribution in [0.2, 0.25) is 0 Å². The molecule has 5 heteroatoms. The summed E-state index contributed by atoms with van der Waals surface area (Å²) in [5, 5.41) is 0.643. The summed E-state index contributed by atoms with van der Waals surface area (Å²) >= 11 is 1.52. The van der Waals surface area contributed by atoms with Crippen LogP contribution in [0.3, 0.4) is 0 Å². The molecule has 144 valence electrons. The second-order valence-electron chi connectivity index (χ2n) is 6.62.